The first kappa shape index (κ1) is 20.6. The van der Waals surface area contributed by atoms with Crippen molar-refractivity contribution in [3.05, 3.63) is 59.7 Å². The van der Waals surface area contributed by atoms with Crippen molar-refractivity contribution in [2.45, 2.75) is 24.8 Å². The molecule has 0 bridgehead atoms. The van der Waals surface area contributed by atoms with Crippen LogP contribution in [0.15, 0.2) is 47.4 Å². The fraction of sp³-hybridized carbons (Fsp3) is 0.211. The predicted molar refractivity (Wildman–Crippen MR) is 97.7 cm³/mol. The lowest BCUT2D eigenvalue weighted by Gasteiger charge is -2.13. The third kappa shape index (κ3) is 6.18. The molecule has 2 rings (SSSR count). The molecule has 2 aromatic carbocycles. The molecule has 0 saturated heterocycles. The second-order valence-electron chi connectivity index (χ2n) is 5.62. The minimum absolute atomic E-state index is 0.0189. The first-order chi connectivity index (χ1) is 12.8. The number of rotatable bonds is 7. The minimum atomic E-state index is -1.08. The van der Waals surface area contributed by atoms with Crippen molar-refractivity contribution in [1.82, 2.24) is 0 Å². The summed E-state index contributed by atoms with van der Waals surface area (Å²) >= 11 is 0.778. The molecule has 0 aromatic heterocycles. The number of Topliss-reactive ketones (excluding diaryl/α,β-unsaturated/α-hetero) is 1. The van der Waals surface area contributed by atoms with E-state index in [1.807, 2.05) is 0 Å². The molecule has 0 unspecified atom stereocenters. The van der Waals surface area contributed by atoms with E-state index in [-0.39, 0.29) is 16.4 Å². The van der Waals surface area contributed by atoms with Gasteiger partial charge in [0.1, 0.15) is 11.6 Å². The molecule has 0 heterocycles. The van der Waals surface area contributed by atoms with E-state index < -0.39 is 29.6 Å². The van der Waals surface area contributed by atoms with Crippen LogP contribution < -0.4 is 5.32 Å². The first-order valence-electron chi connectivity index (χ1n) is 7.95. The number of halogens is 2. The van der Waals surface area contributed by atoms with Gasteiger partial charge in [-0.15, -0.1) is 11.8 Å². The Morgan fingerprint density at radius 1 is 1.11 bits per heavy atom. The molecular weight excluding hydrogens is 376 g/mol. The third-order valence-corrected chi connectivity index (χ3v) is 4.48. The minimum Gasteiger partial charge on any atom is -0.452 e. The van der Waals surface area contributed by atoms with Gasteiger partial charge in [-0.1, -0.05) is 0 Å². The van der Waals surface area contributed by atoms with Gasteiger partial charge in [0, 0.05) is 16.1 Å². The van der Waals surface area contributed by atoms with E-state index in [4.69, 9.17) is 4.74 Å². The zero-order valence-corrected chi connectivity index (χ0v) is 15.4. The molecular formula is C19H17F2NO4S. The molecule has 8 heteroatoms. The predicted octanol–water partition coefficient (Wildman–Crippen LogP) is 3.83. The molecule has 142 valence electrons. The smallest absolute Gasteiger partial charge is 0.317 e. The lowest BCUT2D eigenvalue weighted by Crippen LogP contribution is -2.30. The van der Waals surface area contributed by atoms with Gasteiger partial charge in [0.05, 0.1) is 5.75 Å². The van der Waals surface area contributed by atoms with Crippen molar-refractivity contribution in [3.63, 3.8) is 0 Å². The number of hydrogen-bond donors (Lipinski definition) is 1. The molecule has 5 nitrogen and oxygen atoms in total. The Morgan fingerprint density at radius 3 is 2.41 bits per heavy atom. The summed E-state index contributed by atoms with van der Waals surface area (Å²) in [5.41, 5.74) is 0.957. The topological polar surface area (TPSA) is 72.5 Å². The monoisotopic (exact) mass is 393 g/mol. The zero-order valence-electron chi connectivity index (χ0n) is 14.6. The van der Waals surface area contributed by atoms with Gasteiger partial charge < -0.3 is 10.1 Å². The van der Waals surface area contributed by atoms with Crippen molar-refractivity contribution in [2.75, 3.05) is 11.1 Å². The van der Waals surface area contributed by atoms with Gasteiger partial charge in [0.2, 0.25) is 0 Å². The second kappa shape index (κ2) is 9.27. The number of anilines is 1. The van der Waals surface area contributed by atoms with E-state index in [1.54, 1.807) is 24.3 Å². The summed E-state index contributed by atoms with van der Waals surface area (Å²) in [6.45, 7) is 2.83. The van der Waals surface area contributed by atoms with E-state index in [1.165, 1.54) is 13.8 Å². The van der Waals surface area contributed by atoms with Crippen molar-refractivity contribution in [3.8, 4) is 0 Å². The third-order valence-electron chi connectivity index (χ3n) is 3.48. The summed E-state index contributed by atoms with van der Waals surface area (Å²) in [5.74, 6) is -2.92. The average molecular weight is 393 g/mol. The molecule has 0 spiro atoms. The standard InChI is InChI=1S/C19H17F2NO4S/c1-11(23)13-3-6-15(7-4-13)22-19(25)12(2)26-18(24)10-27-17-9-14(20)5-8-16(17)21/h3-9,12H,10H2,1-2H3,(H,22,25)/t12-/m1/s1. The molecule has 27 heavy (non-hydrogen) atoms. The fourth-order valence-corrected chi connectivity index (χ4v) is 2.78. The van der Waals surface area contributed by atoms with Gasteiger partial charge in [-0.3, -0.25) is 14.4 Å². The van der Waals surface area contributed by atoms with E-state index in [9.17, 15) is 23.2 Å². The Balaban J connectivity index is 1.85. The van der Waals surface area contributed by atoms with Crippen LogP contribution in [-0.4, -0.2) is 29.5 Å². The molecule has 0 radical (unpaired) electrons. The van der Waals surface area contributed by atoms with Gasteiger partial charge >= 0.3 is 5.97 Å². The van der Waals surface area contributed by atoms with Gasteiger partial charge in [0.25, 0.3) is 5.91 Å². The largest absolute Gasteiger partial charge is 0.452 e. The first-order valence-corrected chi connectivity index (χ1v) is 8.94. The molecule has 0 aliphatic rings. The van der Waals surface area contributed by atoms with Crippen molar-refractivity contribution < 1.29 is 27.9 Å². The van der Waals surface area contributed by atoms with E-state index in [0.29, 0.717) is 11.3 Å². The number of amides is 1. The van der Waals surface area contributed by atoms with Crippen molar-refractivity contribution >= 4 is 35.1 Å². The van der Waals surface area contributed by atoms with Crippen molar-refractivity contribution in [1.29, 1.82) is 0 Å². The average Bonchev–Trinajstić information content (AvgIpc) is 2.62. The highest BCUT2D eigenvalue weighted by atomic mass is 32.2. The maximum Gasteiger partial charge on any atom is 0.317 e. The SMILES string of the molecule is CC(=O)c1ccc(NC(=O)[C@@H](C)OC(=O)CSc2cc(F)ccc2F)cc1. The molecule has 0 aliphatic carbocycles. The number of nitrogens with one attached hydrogen (secondary N) is 1. The summed E-state index contributed by atoms with van der Waals surface area (Å²) in [7, 11) is 0. The number of hydrogen-bond acceptors (Lipinski definition) is 5. The molecule has 0 saturated carbocycles. The summed E-state index contributed by atoms with van der Waals surface area (Å²) in [5, 5.41) is 2.56. The van der Waals surface area contributed by atoms with Crippen LogP contribution in [0, 0.1) is 11.6 Å². The number of carbonyl (C=O) groups is 3. The highest BCUT2D eigenvalue weighted by molar-refractivity contribution is 8.00. The van der Waals surface area contributed by atoms with Crippen LogP contribution >= 0.6 is 11.8 Å². The highest BCUT2D eigenvalue weighted by Crippen LogP contribution is 2.23. The second-order valence-corrected chi connectivity index (χ2v) is 6.64. The number of carbonyl (C=O) groups excluding carboxylic acids is 3. The maximum absolute atomic E-state index is 13.5. The zero-order chi connectivity index (χ0) is 20.0. The van der Waals surface area contributed by atoms with E-state index in [2.05, 4.69) is 5.32 Å². The Kier molecular flexibility index (Phi) is 7.06. The lowest BCUT2D eigenvalue weighted by molar-refractivity contribution is -0.150. The van der Waals surface area contributed by atoms with Crippen LogP contribution in [0.25, 0.3) is 0 Å². The van der Waals surface area contributed by atoms with Gasteiger partial charge in [-0.25, -0.2) is 8.78 Å². The fourth-order valence-electron chi connectivity index (χ4n) is 2.04. The quantitative estimate of drug-likeness (QED) is 0.440. The Labute approximate surface area is 159 Å². The summed E-state index contributed by atoms with van der Waals surface area (Å²) in [6.07, 6.45) is -1.08. The summed E-state index contributed by atoms with van der Waals surface area (Å²) in [6, 6.07) is 9.19. The Hall–Kier alpha value is -2.74. The van der Waals surface area contributed by atoms with Crippen LogP contribution in [-0.2, 0) is 14.3 Å². The Bertz CT molecular complexity index is 855. The maximum atomic E-state index is 13.5. The highest BCUT2D eigenvalue weighted by Gasteiger charge is 2.18. The number of thioether (sulfide) groups is 1. The van der Waals surface area contributed by atoms with Gasteiger partial charge in [-0.2, -0.15) is 0 Å². The lowest BCUT2D eigenvalue weighted by atomic mass is 10.1. The van der Waals surface area contributed by atoms with E-state index in [0.717, 1.165) is 30.0 Å². The van der Waals surface area contributed by atoms with Crippen LogP contribution in [0.2, 0.25) is 0 Å². The summed E-state index contributed by atoms with van der Waals surface area (Å²) in [4.78, 5) is 35.1. The number of benzene rings is 2. The molecule has 1 N–H and O–H groups in total. The van der Waals surface area contributed by atoms with Crippen molar-refractivity contribution in [2.24, 2.45) is 0 Å². The van der Waals surface area contributed by atoms with Crippen LogP contribution in [0.1, 0.15) is 24.2 Å². The molecule has 2 aromatic rings. The summed E-state index contributed by atoms with van der Waals surface area (Å²) < 4.78 is 31.6. The van der Waals surface area contributed by atoms with Crippen LogP contribution in [0.3, 0.4) is 0 Å². The Morgan fingerprint density at radius 2 is 1.78 bits per heavy atom. The van der Waals surface area contributed by atoms with Gasteiger partial charge in [0.15, 0.2) is 11.9 Å². The molecule has 1 atom stereocenters. The molecule has 0 aliphatic heterocycles. The number of ether oxygens (including phenoxy) is 1. The number of ketones is 1. The number of esters is 1. The molecule has 1 amide bonds. The van der Waals surface area contributed by atoms with E-state index >= 15 is 0 Å². The molecule has 0 fully saturated rings. The van der Waals surface area contributed by atoms with Gasteiger partial charge in [-0.05, 0) is 56.3 Å². The normalized spacial score (nSPS) is 11.6. The van der Waals surface area contributed by atoms with Crippen LogP contribution in [0.5, 0.6) is 0 Å². The van der Waals surface area contributed by atoms with Crippen LogP contribution in [0.4, 0.5) is 14.5 Å².